The Kier molecular flexibility index (Phi) is 2.63. The highest BCUT2D eigenvalue weighted by Crippen LogP contribution is 2.39. The van der Waals surface area contributed by atoms with Crippen molar-refractivity contribution in [3.63, 3.8) is 0 Å². The minimum atomic E-state index is 0.836. The summed E-state index contributed by atoms with van der Waals surface area (Å²) in [5, 5.41) is 1.22. The summed E-state index contributed by atoms with van der Waals surface area (Å²) in [5.74, 6) is 0. The van der Waals surface area contributed by atoms with Crippen LogP contribution in [0, 0.1) is 0 Å². The van der Waals surface area contributed by atoms with E-state index in [2.05, 4.69) is 41.1 Å². The lowest BCUT2D eigenvalue weighted by Gasteiger charge is -1.95. The molecule has 0 aliphatic carbocycles. The van der Waals surface area contributed by atoms with Crippen LogP contribution in [0.15, 0.2) is 22.7 Å². The third kappa shape index (κ3) is 1.63. The molecule has 0 N–H and O–H groups in total. The van der Waals surface area contributed by atoms with E-state index in [9.17, 15) is 0 Å². The maximum Gasteiger partial charge on any atom is 0.108 e. The monoisotopic (exact) mass is 274 g/mol. The number of fused-ring (bicyclic) bond motifs is 1. The van der Waals surface area contributed by atoms with Crippen LogP contribution in [0.3, 0.4) is 0 Å². The maximum absolute atomic E-state index is 6.02. The van der Waals surface area contributed by atoms with Gasteiger partial charge in [0.1, 0.15) is 4.34 Å². The molecule has 0 spiro atoms. The Bertz CT molecular complexity index is 447. The highest BCUT2D eigenvalue weighted by atomic mass is 79.9. The predicted octanol–water partition coefficient (Wildman–Crippen LogP) is 4.88. The van der Waals surface area contributed by atoms with Crippen molar-refractivity contribution in [1.29, 1.82) is 0 Å². The molecule has 0 bridgehead atoms. The van der Waals surface area contributed by atoms with Crippen molar-refractivity contribution in [3.8, 4) is 0 Å². The first kappa shape index (κ1) is 9.50. The number of aryl methyl sites for hydroxylation is 1. The fourth-order valence-corrected chi connectivity index (χ4v) is 3.25. The van der Waals surface area contributed by atoms with Gasteiger partial charge in [0, 0.05) is 10.1 Å². The summed E-state index contributed by atoms with van der Waals surface area (Å²) in [6.45, 7) is 2.16. The lowest BCUT2D eigenvalue weighted by molar-refractivity contribution is 1.15. The van der Waals surface area contributed by atoms with Gasteiger partial charge in [0.05, 0.1) is 4.47 Å². The van der Waals surface area contributed by atoms with Gasteiger partial charge in [-0.25, -0.2) is 0 Å². The molecule has 13 heavy (non-hydrogen) atoms. The van der Waals surface area contributed by atoms with Gasteiger partial charge in [0.2, 0.25) is 0 Å². The highest BCUT2D eigenvalue weighted by Gasteiger charge is 2.07. The van der Waals surface area contributed by atoms with E-state index in [1.807, 2.05) is 0 Å². The first-order valence-corrected chi connectivity index (χ1v) is 6.07. The van der Waals surface area contributed by atoms with Crippen LogP contribution in [0.4, 0.5) is 0 Å². The molecule has 1 heterocycles. The third-order valence-corrected chi connectivity index (χ3v) is 4.74. The number of hydrogen-bond donors (Lipinski definition) is 0. The summed E-state index contributed by atoms with van der Waals surface area (Å²) < 4.78 is 3.12. The summed E-state index contributed by atoms with van der Waals surface area (Å²) in [6.07, 6.45) is 1.07. The Labute approximate surface area is 94.7 Å². The summed E-state index contributed by atoms with van der Waals surface area (Å²) >= 11 is 11.1. The molecule has 1 aromatic heterocycles. The Morgan fingerprint density at radius 3 is 2.92 bits per heavy atom. The van der Waals surface area contributed by atoms with Crippen LogP contribution in [-0.4, -0.2) is 0 Å². The first-order chi connectivity index (χ1) is 6.22. The minimum Gasteiger partial charge on any atom is -0.122 e. The second-order valence-electron chi connectivity index (χ2n) is 2.87. The number of rotatable bonds is 1. The SMILES string of the molecule is CCc1ccc2c(Br)c(Cl)sc2c1. The Morgan fingerprint density at radius 1 is 1.46 bits per heavy atom. The molecule has 0 saturated carbocycles. The van der Waals surface area contributed by atoms with Crippen LogP contribution in [0.25, 0.3) is 10.1 Å². The van der Waals surface area contributed by atoms with Crippen molar-refractivity contribution in [1.82, 2.24) is 0 Å². The van der Waals surface area contributed by atoms with Crippen molar-refractivity contribution in [3.05, 3.63) is 32.6 Å². The largest absolute Gasteiger partial charge is 0.122 e. The van der Waals surface area contributed by atoms with Gasteiger partial charge in [-0.15, -0.1) is 11.3 Å². The molecule has 68 valence electrons. The van der Waals surface area contributed by atoms with Gasteiger partial charge in [-0.05, 0) is 34.0 Å². The van der Waals surface area contributed by atoms with Crippen molar-refractivity contribution >= 4 is 49.0 Å². The third-order valence-electron chi connectivity index (χ3n) is 2.06. The average molecular weight is 276 g/mol. The molecular weight excluding hydrogens is 268 g/mol. The van der Waals surface area contributed by atoms with Gasteiger partial charge < -0.3 is 0 Å². The number of thiophene rings is 1. The van der Waals surface area contributed by atoms with Crippen LogP contribution in [0.1, 0.15) is 12.5 Å². The van der Waals surface area contributed by atoms with E-state index in [4.69, 9.17) is 11.6 Å². The van der Waals surface area contributed by atoms with E-state index >= 15 is 0 Å². The van der Waals surface area contributed by atoms with E-state index in [0.717, 1.165) is 15.2 Å². The van der Waals surface area contributed by atoms with Crippen molar-refractivity contribution < 1.29 is 0 Å². The molecule has 0 atom stereocenters. The quantitative estimate of drug-likeness (QED) is 0.696. The van der Waals surface area contributed by atoms with Crippen molar-refractivity contribution in [2.24, 2.45) is 0 Å². The Morgan fingerprint density at radius 2 is 2.23 bits per heavy atom. The predicted molar refractivity (Wildman–Crippen MR) is 63.9 cm³/mol. The van der Waals surface area contributed by atoms with E-state index in [1.165, 1.54) is 15.6 Å². The second kappa shape index (κ2) is 3.60. The highest BCUT2D eigenvalue weighted by molar-refractivity contribution is 9.10. The minimum absolute atomic E-state index is 0.836. The van der Waals surface area contributed by atoms with E-state index in [-0.39, 0.29) is 0 Å². The van der Waals surface area contributed by atoms with Crippen LogP contribution >= 0.6 is 38.9 Å². The second-order valence-corrected chi connectivity index (χ2v) is 5.32. The zero-order valence-electron chi connectivity index (χ0n) is 7.10. The van der Waals surface area contributed by atoms with E-state index in [0.29, 0.717) is 0 Å². The zero-order valence-corrected chi connectivity index (χ0v) is 10.3. The molecule has 2 rings (SSSR count). The fraction of sp³-hybridized carbons (Fsp3) is 0.200. The molecule has 0 nitrogen and oxygen atoms in total. The molecule has 0 aliphatic heterocycles. The fourth-order valence-electron chi connectivity index (χ4n) is 1.30. The normalized spacial score (nSPS) is 11.0. The van der Waals surface area contributed by atoms with Crippen LogP contribution in [0.5, 0.6) is 0 Å². The lowest BCUT2D eigenvalue weighted by atomic mass is 10.1. The molecule has 0 amide bonds. The number of halogens is 2. The maximum atomic E-state index is 6.02. The first-order valence-electron chi connectivity index (χ1n) is 4.08. The van der Waals surface area contributed by atoms with Gasteiger partial charge >= 0.3 is 0 Å². The molecule has 2 aromatic rings. The molecule has 0 unspecified atom stereocenters. The van der Waals surface area contributed by atoms with Gasteiger partial charge in [0.25, 0.3) is 0 Å². The van der Waals surface area contributed by atoms with Crippen LogP contribution in [0.2, 0.25) is 4.34 Å². The molecule has 0 aliphatic rings. The summed E-state index contributed by atoms with van der Waals surface area (Å²) in [6, 6.07) is 6.48. The number of benzene rings is 1. The summed E-state index contributed by atoms with van der Waals surface area (Å²) in [5.41, 5.74) is 1.36. The Balaban J connectivity index is 2.73. The van der Waals surface area contributed by atoms with E-state index < -0.39 is 0 Å². The topological polar surface area (TPSA) is 0 Å². The van der Waals surface area contributed by atoms with Gasteiger partial charge in [-0.1, -0.05) is 30.7 Å². The average Bonchev–Trinajstić information content (AvgIpc) is 2.42. The van der Waals surface area contributed by atoms with Gasteiger partial charge in [0.15, 0.2) is 0 Å². The van der Waals surface area contributed by atoms with Gasteiger partial charge in [-0.3, -0.25) is 0 Å². The molecule has 0 saturated heterocycles. The van der Waals surface area contributed by atoms with Gasteiger partial charge in [-0.2, -0.15) is 0 Å². The molecule has 0 radical (unpaired) electrons. The van der Waals surface area contributed by atoms with Crippen molar-refractivity contribution in [2.75, 3.05) is 0 Å². The molecule has 0 fully saturated rings. The molecule has 1 aromatic carbocycles. The molecule has 3 heteroatoms. The smallest absolute Gasteiger partial charge is 0.108 e. The van der Waals surface area contributed by atoms with Crippen molar-refractivity contribution in [2.45, 2.75) is 13.3 Å². The number of hydrogen-bond acceptors (Lipinski definition) is 1. The zero-order chi connectivity index (χ0) is 9.42. The van der Waals surface area contributed by atoms with Crippen LogP contribution in [-0.2, 0) is 6.42 Å². The van der Waals surface area contributed by atoms with Crippen LogP contribution < -0.4 is 0 Å². The van der Waals surface area contributed by atoms with E-state index in [1.54, 1.807) is 11.3 Å². The standard InChI is InChI=1S/C10H8BrClS/c1-2-6-3-4-7-8(5-6)13-10(12)9(7)11/h3-5H,2H2,1H3. The Hall–Kier alpha value is -0.0500. The molecular formula is C10H8BrClS. The summed E-state index contributed by atoms with van der Waals surface area (Å²) in [4.78, 5) is 0. The lowest BCUT2D eigenvalue weighted by Crippen LogP contribution is -1.76. The summed E-state index contributed by atoms with van der Waals surface area (Å²) in [7, 11) is 0.